The first-order valence-electron chi connectivity index (χ1n) is 6.60. The van der Waals surface area contributed by atoms with Gasteiger partial charge < -0.3 is 9.84 Å². The van der Waals surface area contributed by atoms with E-state index in [4.69, 9.17) is 4.74 Å². The number of rotatable bonds is 4. The fourth-order valence-corrected chi connectivity index (χ4v) is 2.23. The smallest absolute Gasteiger partial charge is 0.125 e. The average molecular weight is 256 g/mol. The largest absolute Gasteiger partial charge is 0.493 e. The SMILES string of the molecule is CCOc1ccc(C)cc1C(O)c1ccccc1C. The number of benzene rings is 2. The van der Waals surface area contributed by atoms with Crippen molar-refractivity contribution < 1.29 is 9.84 Å². The second-order valence-corrected chi connectivity index (χ2v) is 4.73. The Balaban J connectivity index is 2.45. The molecule has 2 aromatic carbocycles. The molecule has 0 spiro atoms. The summed E-state index contributed by atoms with van der Waals surface area (Å²) in [4.78, 5) is 0. The topological polar surface area (TPSA) is 29.5 Å². The van der Waals surface area contributed by atoms with Crippen molar-refractivity contribution in [2.24, 2.45) is 0 Å². The Hall–Kier alpha value is -1.80. The van der Waals surface area contributed by atoms with Crippen LogP contribution in [-0.2, 0) is 0 Å². The Morgan fingerprint density at radius 2 is 1.79 bits per heavy atom. The molecule has 0 bridgehead atoms. The van der Waals surface area contributed by atoms with Gasteiger partial charge in [-0.3, -0.25) is 0 Å². The fourth-order valence-electron chi connectivity index (χ4n) is 2.23. The molecule has 0 aliphatic carbocycles. The lowest BCUT2D eigenvalue weighted by Crippen LogP contribution is -2.06. The van der Waals surface area contributed by atoms with E-state index < -0.39 is 6.10 Å². The van der Waals surface area contributed by atoms with Gasteiger partial charge in [0.2, 0.25) is 0 Å². The van der Waals surface area contributed by atoms with E-state index in [9.17, 15) is 5.11 Å². The number of hydrogen-bond acceptors (Lipinski definition) is 2. The highest BCUT2D eigenvalue weighted by Crippen LogP contribution is 2.32. The summed E-state index contributed by atoms with van der Waals surface area (Å²) in [6.45, 7) is 6.57. The van der Waals surface area contributed by atoms with Crippen LogP contribution in [0.2, 0.25) is 0 Å². The minimum absolute atomic E-state index is 0.594. The Morgan fingerprint density at radius 3 is 2.47 bits per heavy atom. The zero-order valence-corrected chi connectivity index (χ0v) is 11.7. The minimum Gasteiger partial charge on any atom is -0.493 e. The maximum absolute atomic E-state index is 10.6. The predicted molar refractivity (Wildman–Crippen MR) is 77.6 cm³/mol. The lowest BCUT2D eigenvalue weighted by Gasteiger charge is -2.18. The summed E-state index contributed by atoms with van der Waals surface area (Å²) in [7, 11) is 0. The van der Waals surface area contributed by atoms with Crippen LogP contribution in [0.3, 0.4) is 0 Å². The van der Waals surface area contributed by atoms with Gasteiger partial charge in [0.05, 0.1) is 6.61 Å². The molecule has 0 saturated carbocycles. The van der Waals surface area contributed by atoms with Gasteiger partial charge >= 0.3 is 0 Å². The number of aliphatic hydroxyl groups excluding tert-OH is 1. The van der Waals surface area contributed by atoms with Crippen LogP contribution in [0.25, 0.3) is 0 Å². The molecule has 1 N–H and O–H groups in total. The molecule has 0 aromatic heterocycles. The van der Waals surface area contributed by atoms with Gasteiger partial charge in [0.25, 0.3) is 0 Å². The highest BCUT2D eigenvalue weighted by atomic mass is 16.5. The van der Waals surface area contributed by atoms with Crippen LogP contribution >= 0.6 is 0 Å². The van der Waals surface area contributed by atoms with Crippen molar-refractivity contribution in [3.8, 4) is 5.75 Å². The molecule has 1 unspecified atom stereocenters. The summed E-state index contributed by atoms with van der Waals surface area (Å²) in [6.07, 6.45) is -0.650. The van der Waals surface area contributed by atoms with Crippen molar-refractivity contribution in [3.05, 3.63) is 64.7 Å². The van der Waals surface area contributed by atoms with E-state index in [2.05, 4.69) is 0 Å². The molecule has 0 radical (unpaired) electrons. The molecule has 0 amide bonds. The van der Waals surface area contributed by atoms with Crippen LogP contribution in [-0.4, -0.2) is 11.7 Å². The second-order valence-electron chi connectivity index (χ2n) is 4.73. The maximum Gasteiger partial charge on any atom is 0.125 e. The first-order valence-corrected chi connectivity index (χ1v) is 6.60. The van der Waals surface area contributed by atoms with Gasteiger partial charge in [-0.25, -0.2) is 0 Å². The standard InChI is InChI=1S/C17H20O2/c1-4-19-16-10-9-12(2)11-15(16)17(18)14-8-6-5-7-13(14)3/h5-11,17-18H,4H2,1-3H3. The molecule has 0 fully saturated rings. The van der Waals surface area contributed by atoms with Gasteiger partial charge in [0, 0.05) is 5.56 Å². The van der Waals surface area contributed by atoms with Gasteiger partial charge in [-0.15, -0.1) is 0 Å². The Kier molecular flexibility index (Phi) is 4.23. The van der Waals surface area contributed by atoms with E-state index in [1.807, 2.05) is 63.2 Å². The lowest BCUT2D eigenvalue weighted by molar-refractivity contribution is 0.211. The zero-order chi connectivity index (χ0) is 13.8. The molecular formula is C17H20O2. The lowest BCUT2D eigenvalue weighted by atomic mass is 9.96. The number of hydrogen-bond donors (Lipinski definition) is 1. The van der Waals surface area contributed by atoms with Gasteiger partial charge in [-0.1, -0.05) is 35.9 Å². The highest BCUT2D eigenvalue weighted by molar-refractivity contribution is 5.44. The molecule has 2 rings (SSSR count). The van der Waals surface area contributed by atoms with Gasteiger partial charge in [0.15, 0.2) is 0 Å². The van der Waals surface area contributed by atoms with Crippen LogP contribution in [0.5, 0.6) is 5.75 Å². The molecule has 2 nitrogen and oxygen atoms in total. The first-order chi connectivity index (χ1) is 9.13. The molecule has 0 aliphatic rings. The summed E-state index contributed by atoms with van der Waals surface area (Å²) < 4.78 is 5.61. The Morgan fingerprint density at radius 1 is 1.05 bits per heavy atom. The van der Waals surface area contributed by atoms with Crippen LogP contribution in [0.1, 0.15) is 35.3 Å². The number of aliphatic hydroxyl groups is 1. The van der Waals surface area contributed by atoms with Crippen LogP contribution in [0, 0.1) is 13.8 Å². The monoisotopic (exact) mass is 256 g/mol. The summed E-state index contributed by atoms with van der Waals surface area (Å²) in [5.41, 5.74) is 3.95. The van der Waals surface area contributed by atoms with Crippen LogP contribution in [0.15, 0.2) is 42.5 Å². The van der Waals surface area contributed by atoms with Gasteiger partial charge in [-0.2, -0.15) is 0 Å². The molecular weight excluding hydrogens is 236 g/mol. The molecule has 1 atom stereocenters. The van der Waals surface area contributed by atoms with E-state index in [-0.39, 0.29) is 0 Å². The van der Waals surface area contributed by atoms with E-state index in [1.54, 1.807) is 0 Å². The second kappa shape index (κ2) is 5.89. The molecule has 100 valence electrons. The van der Waals surface area contributed by atoms with Crippen LogP contribution < -0.4 is 4.74 Å². The predicted octanol–water partition coefficient (Wildman–Crippen LogP) is 3.78. The Bertz CT molecular complexity index is 561. The summed E-state index contributed by atoms with van der Waals surface area (Å²) in [6, 6.07) is 13.8. The van der Waals surface area contributed by atoms with Gasteiger partial charge in [0.1, 0.15) is 11.9 Å². The molecule has 19 heavy (non-hydrogen) atoms. The zero-order valence-electron chi connectivity index (χ0n) is 11.7. The fraction of sp³-hybridized carbons (Fsp3) is 0.294. The third kappa shape index (κ3) is 2.96. The average Bonchev–Trinajstić information content (AvgIpc) is 2.41. The highest BCUT2D eigenvalue weighted by Gasteiger charge is 2.17. The van der Waals surface area contributed by atoms with Crippen molar-refractivity contribution in [3.63, 3.8) is 0 Å². The number of ether oxygens (including phenoxy) is 1. The quantitative estimate of drug-likeness (QED) is 0.902. The van der Waals surface area contributed by atoms with Crippen molar-refractivity contribution in [1.29, 1.82) is 0 Å². The third-order valence-electron chi connectivity index (χ3n) is 3.24. The van der Waals surface area contributed by atoms with Crippen molar-refractivity contribution in [2.75, 3.05) is 6.61 Å². The van der Waals surface area contributed by atoms with E-state index >= 15 is 0 Å². The van der Waals surface area contributed by atoms with Crippen molar-refractivity contribution >= 4 is 0 Å². The van der Waals surface area contributed by atoms with E-state index in [0.717, 1.165) is 28.0 Å². The van der Waals surface area contributed by atoms with Crippen molar-refractivity contribution in [1.82, 2.24) is 0 Å². The van der Waals surface area contributed by atoms with E-state index in [1.165, 1.54) is 0 Å². The third-order valence-corrected chi connectivity index (χ3v) is 3.24. The summed E-state index contributed by atoms with van der Waals surface area (Å²) >= 11 is 0. The minimum atomic E-state index is -0.650. The van der Waals surface area contributed by atoms with Crippen molar-refractivity contribution in [2.45, 2.75) is 26.9 Å². The van der Waals surface area contributed by atoms with E-state index in [0.29, 0.717) is 6.61 Å². The van der Waals surface area contributed by atoms with Gasteiger partial charge in [-0.05, 0) is 44.0 Å². The summed E-state index contributed by atoms with van der Waals surface area (Å²) in [5, 5.41) is 10.6. The molecule has 2 heteroatoms. The maximum atomic E-state index is 10.6. The van der Waals surface area contributed by atoms with Crippen LogP contribution in [0.4, 0.5) is 0 Å². The Labute approximate surface area is 114 Å². The molecule has 2 aromatic rings. The first kappa shape index (κ1) is 13.6. The number of aryl methyl sites for hydroxylation is 2. The normalized spacial score (nSPS) is 12.2. The summed E-state index contributed by atoms with van der Waals surface area (Å²) in [5.74, 6) is 0.754. The molecule has 0 saturated heterocycles. The molecule has 0 heterocycles. The molecule has 0 aliphatic heterocycles.